The second-order valence-electron chi connectivity index (χ2n) is 6.01. The van der Waals surface area contributed by atoms with E-state index in [0.29, 0.717) is 23.1 Å². The SMILES string of the molecule is C=CCN1CC2CNCC(C1)C2(O)c1ccc(Br)cc1F. The molecule has 21 heavy (non-hydrogen) atoms. The fourth-order valence-electron chi connectivity index (χ4n) is 3.77. The van der Waals surface area contributed by atoms with E-state index in [4.69, 9.17) is 0 Å². The molecule has 0 spiro atoms. The van der Waals surface area contributed by atoms with E-state index in [1.807, 2.05) is 6.08 Å². The Morgan fingerprint density at radius 3 is 2.67 bits per heavy atom. The van der Waals surface area contributed by atoms with Gasteiger partial charge in [-0.15, -0.1) is 6.58 Å². The highest BCUT2D eigenvalue weighted by Crippen LogP contribution is 2.44. The van der Waals surface area contributed by atoms with Gasteiger partial charge >= 0.3 is 0 Å². The Balaban J connectivity index is 1.97. The summed E-state index contributed by atoms with van der Waals surface area (Å²) in [4.78, 5) is 2.29. The highest BCUT2D eigenvalue weighted by atomic mass is 79.9. The molecule has 0 radical (unpaired) electrons. The van der Waals surface area contributed by atoms with Crippen LogP contribution >= 0.6 is 15.9 Å². The molecule has 0 amide bonds. The van der Waals surface area contributed by atoms with Crippen LogP contribution in [0.4, 0.5) is 4.39 Å². The van der Waals surface area contributed by atoms with Gasteiger partial charge in [-0.25, -0.2) is 4.39 Å². The minimum Gasteiger partial charge on any atom is -0.384 e. The molecule has 0 saturated carbocycles. The standard InChI is InChI=1S/C16H20BrFN2O/c1-2-5-20-9-11-7-19-8-12(10-20)16(11,21)14-4-3-13(17)6-15(14)18/h2-4,6,11-12,19,21H,1,5,7-10H2. The molecule has 0 aliphatic carbocycles. The molecule has 5 heteroatoms. The maximum Gasteiger partial charge on any atom is 0.130 e. The second kappa shape index (κ2) is 5.80. The van der Waals surface area contributed by atoms with Crippen LogP contribution in [0, 0.1) is 17.7 Å². The summed E-state index contributed by atoms with van der Waals surface area (Å²) in [6, 6.07) is 4.95. The zero-order valence-electron chi connectivity index (χ0n) is 11.9. The van der Waals surface area contributed by atoms with Gasteiger partial charge in [0.25, 0.3) is 0 Å². The van der Waals surface area contributed by atoms with Crippen molar-refractivity contribution in [2.24, 2.45) is 11.8 Å². The zero-order valence-corrected chi connectivity index (χ0v) is 13.4. The first-order valence-corrected chi connectivity index (χ1v) is 8.07. The molecular formula is C16H20BrFN2O. The lowest BCUT2D eigenvalue weighted by molar-refractivity contribution is -0.138. The largest absolute Gasteiger partial charge is 0.384 e. The lowest BCUT2D eigenvalue weighted by Gasteiger charge is -2.53. The number of halogens is 2. The van der Waals surface area contributed by atoms with Gasteiger partial charge in [-0.2, -0.15) is 0 Å². The molecule has 1 aromatic carbocycles. The number of piperidine rings is 2. The molecule has 3 rings (SSSR count). The monoisotopic (exact) mass is 354 g/mol. The van der Waals surface area contributed by atoms with Gasteiger partial charge in [-0.3, -0.25) is 4.90 Å². The molecule has 114 valence electrons. The number of hydrogen-bond donors (Lipinski definition) is 2. The van der Waals surface area contributed by atoms with Crippen molar-refractivity contribution in [3.8, 4) is 0 Å². The number of rotatable bonds is 3. The molecule has 2 bridgehead atoms. The normalized spacial score (nSPS) is 32.9. The first-order valence-electron chi connectivity index (χ1n) is 7.27. The molecule has 2 atom stereocenters. The lowest BCUT2D eigenvalue weighted by Crippen LogP contribution is -2.64. The Hall–Kier alpha value is -0.750. The zero-order chi connectivity index (χ0) is 15.0. The number of fused-ring (bicyclic) bond motifs is 2. The van der Waals surface area contributed by atoms with E-state index in [0.717, 1.165) is 19.6 Å². The molecule has 2 fully saturated rings. The van der Waals surface area contributed by atoms with Crippen LogP contribution in [-0.4, -0.2) is 42.7 Å². The van der Waals surface area contributed by atoms with Crippen LogP contribution in [-0.2, 0) is 5.60 Å². The molecule has 2 aliphatic rings. The van der Waals surface area contributed by atoms with Gasteiger partial charge in [0.2, 0.25) is 0 Å². The fraction of sp³-hybridized carbons (Fsp3) is 0.500. The summed E-state index contributed by atoms with van der Waals surface area (Å²) in [5.41, 5.74) is -0.659. The summed E-state index contributed by atoms with van der Waals surface area (Å²) in [5, 5.41) is 14.7. The van der Waals surface area contributed by atoms with Crippen molar-refractivity contribution in [1.82, 2.24) is 10.2 Å². The van der Waals surface area contributed by atoms with Gasteiger partial charge < -0.3 is 10.4 Å². The molecule has 2 aliphatic heterocycles. The van der Waals surface area contributed by atoms with Gasteiger partial charge in [0.15, 0.2) is 0 Å². The molecule has 2 heterocycles. The quantitative estimate of drug-likeness (QED) is 0.816. The molecular weight excluding hydrogens is 335 g/mol. The Kier molecular flexibility index (Phi) is 4.19. The highest BCUT2D eigenvalue weighted by Gasteiger charge is 2.52. The van der Waals surface area contributed by atoms with Gasteiger partial charge in [-0.1, -0.05) is 28.1 Å². The van der Waals surface area contributed by atoms with Crippen molar-refractivity contribution < 1.29 is 9.50 Å². The number of hydrogen-bond acceptors (Lipinski definition) is 3. The minimum absolute atomic E-state index is 0.0133. The van der Waals surface area contributed by atoms with Crippen LogP contribution in [0.15, 0.2) is 35.3 Å². The second-order valence-corrected chi connectivity index (χ2v) is 6.92. The third-order valence-electron chi connectivity index (χ3n) is 4.73. The Morgan fingerprint density at radius 2 is 2.10 bits per heavy atom. The summed E-state index contributed by atoms with van der Waals surface area (Å²) in [6.07, 6.45) is 1.88. The van der Waals surface area contributed by atoms with E-state index in [2.05, 4.69) is 32.7 Å². The van der Waals surface area contributed by atoms with Crippen LogP contribution in [0.3, 0.4) is 0 Å². The van der Waals surface area contributed by atoms with Crippen molar-refractivity contribution in [3.05, 3.63) is 46.7 Å². The number of benzene rings is 1. The molecule has 0 aromatic heterocycles. The van der Waals surface area contributed by atoms with Crippen LogP contribution < -0.4 is 5.32 Å². The summed E-state index contributed by atoms with van der Waals surface area (Å²) < 4.78 is 15.1. The van der Waals surface area contributed by atoms with E-state index < -0.39 is 5.60 Å². The maximum absolute atomic E-state index is 14.4. The summed E-state index contributed by atoms with van der Waals surface area (Å²) in [5.74, 6) is -0.359. The fourth-order valence-corrected chi connectivity index (χ4v) is 4.10. The molecule has 3 nitrogen and oxygen atoms in total. The van der Waals surface area contributed by atoms with Gasteiger partial charge in [0, 0.05) is 54.6 Å². The average Bonchev–Trinajstić information content (AvgIpc) is 2.40. The van der Waals surface area contributed by atoms with Crippen LogP contribution in [0.25, 0.3) is 0 Å². The van der Waals surface area contributed by atoms with Gasteiger partial charge in [0.1, 0.15) is 11.4 Å². The van der Waals surface area contributed by atoms with Crippen molar-refractivity contribution >= 4 is 15.9 Å². The Bertz CT molecular complexity index is 537. The van der Waals surface area contributed by atoms with Gasteiger partial charge in [0.05, 0.1) is 0 Å². The predicted octanol–water partition coefficient (Wildman–Crippen LogP) is 2.11. The third-order valence-corrected chi connectivity index (χ3v) is 5.23. The number of aliphatic hydroxyl groups is 1. The Labute approximate surface area is 133 Å². The van der Waals surface area contributed by atoms with Gasteiger partial charge in [-0.05, 0) is 12.1 Å². The average molecular weight is 355 g/mol. The first-order chi connectivity index (χ1) is 10.1. The van der Waals surface area contributed by atoms with Crippen LogP contribution in [0.1, 0.15) is 5.56 Å². The number of nitrogens with one attached hydrogen (secondary N) is 1. The van der Waals surface area contributed by atoms with Crippen LogP contribution in [0.2, 0.25) is 0 Å². The van der Waals surface area contributed by atoms with Crippen LogP contribution in [0.5, 0.6) is 0 Å². The minimum atomic E-state index is -1.09. The highest BCUT2D eigenvalue weighted by molar-refractivity contribution is 9.10. The molecule has 2 N–H and O–H groups in total. The summed E-state index contributed by atoms with van der Waals surface area (Å²) >= 11 is 3.28. The summed E-state index contributed by atoms with van der Waals surface area (Å²) in [6.45, 7) is 7.51. The maximum atomic E-state index is 14.4. The number of likely N-dealkylation sites (tertiary alicyclic amines) is 1. The van der Waals surface area contributed by atoms with Crippen molar-refractivity contribution in [2.75, 3.05) is 32.7 Å². The third kappa shape index (κ3) is 2.57. The van der Waals surface area contributed by atoms with E-state index in [1.54, 1.807) is 12.1 Å². The molecule has 2 saturated heterocycles. The number of nitrogens with zero attached hydrogens (tertiary/aromatic N) is 1. The topological polar surface area (TPSA) is 35.5 Å². The predicted molar refractivity (Wildman–Crippen MR) is 84.5 cm³/mol. The summed E-state index contributed by atoms with van der Waals surface area (Å²) in [7, 11) is 0. The van der Waals surface area contributed by atoms with Crippen molar-refractivity contribution in [1.29, 1.82) is 0 Å². The van der Waals surface area contributed by atoms with Crippen molar-refractivity contribution in [3.63, 3.8) is 0 Å². The molecule has 1 aromatic rings. The lowest BCUT2D eigenvalue weighted by atomic mass is 9.67. The first kappa shape index (κ1) is 15.2. The van der Waals surface area contributed by atoms with Crippen molar-refractivity contribution in [2.45, 2.75) is 5.60 Å². The van der Waals surface area contributed by atoms with E-state index in [9.17, 15) is 9.50 Å². The van der Waals surface area contributed by atoms with E-state index in [-0.39, 0.29) is 17.7 Å². The smallest absolute Gasteiger partial charge is 0.130 e. The van der Waals surface area contributed by atoms with E-state index in [1.165, 1.54) is 6.07 Å². The van der Waals surface area contributed by atoms with E-state index >= 15 is 0 Å². The molecule has 2 unspecified atom stereocenters. The Morgan fingerprint density at radius 1 is 1.43 bits per heavy atom.